The highest BCUT2D eigenvalue weighted by atomic mass is 19.1. The van der Waals surface area contributed by atoms with Crippen LogP contribution in [0.25, 0.3) is 0 Å². The van der Waals surface area contributed by atoms with Gasteiger partial charge in [-0.15, -0.1) is 0 Å². The van der Waals surface area contributed by atoms with Crippen LogP contribution in [0.1, 0.15) is 28.4 Å². The molecule has 0 unspecified atom stereocenters. The number of carbonyl (C=O) groups excluding carboxylic acids is 1. The van der Waals surface area contributed by atoms with Gasteiger partial charge >= 0.3 is 0 Å². The summed E-state index contributed by atoms with van der Waals surface area (Å²) >= 11 is 0. The van der Waals surface area contributed by atoms with E-state index in [4.69, 9.17) is 4.74 Å². The van der Waals surface area contributed by atoms with E-state index in [0.717, 1.165) is 11.1 Å². The molecule has 0 amide bonds. The third-order valence-corrected chi connectivity index (χ3v) is 2.90. The van der Waals surface area contributed by atoms with Crippen LogP contribution in [0, 0.1) is 12.7 Å². The Morgan fingerprint density at radius 2 is 1.89 bits per heavy atom. The van der Waals surface area contributed by atoms with Gasteiger partial charge in [-0.3, -0.25) is 4.79 Å². The van der Waals surface area contributed by atoms with E-state index in [1.54, 1.807) is 13.0 Å². The summed E-state index contributed by atoms with van der Waals surface area (Å²) in [6, 6.07) is 12.3. The molecule has 0 heterocycles. The van der Waals surface area contributed by atoms with Gasteiger partial charge in [-0.1, -0.05) is 30.3 Å². The molecule has 0 saturated heterocycles. The third-order valence-electron chi connectivity index (χ3n) is 2.90. The van der Waals surface area contributed by atoms with Crippen molar-refractivity contribution in [1.82, 2.24) is 0 Å². The van der Waals surface area contributed by atoms with E-state index >= 15 is 0 Å². The summed E-state index contributed by atoms with van der Waals surface area (Å²) in [4.78, 5) is 11.3. The van der Waals surface area contributed by atoms with Crippen LogP contribution in [0.5, 0.6) is 5.75 Å². The minimum absolute atomic E-state index is 0.147. The molecule has 0 aliphatic rings. The van der Waals surface area contributed by atoms with E-state index < -0.39 is 5.82 Å². The average molecular weight is 258 g/mol. The number of ether oxygens (including phenoxy) is 1. The third kappa shape index (κ3) is 3.19. The normalized spacial score (nSPS) is 10.3. The molecule has 19 heavy (non-hydrogen) atoms. The quantitative estimate of drug-likeness (QED) is 0.777. The molecule has 2 rings (SSSR count). The largest absolute Gasteiger partial charge is 0.486 e. The van der Waals surface area contributed by atoms with Crippen LogP contribution in [-0.4, -0.2) is 5.78 Å². The standard InChI is InChI=1S/C16H15FO2/c1-11-8-16(15(17)9-14(11)12(2)18)19-10-13-6-4-3-5-7-13/h3-9H,10H2,1-2H3. The van der Waals surface area contributed by atoms with E-state index in [9.17, 15) is 9.18 Å². The molecule has 2 aromatic rings. The molecule has 0 aliphatic heterocycles. The van der Waals surface area contributed by atoms with Gasteiger partial charge in [0, 0.05) is 5.56 Å². The Morgan fingerprint density at radius 1 is 1.21 bits per heavy atom. The first-order valence-electron chi connectivity index (χ1n) is 6.05. The van der Waals surface area contributed by atoms with E-state index in [1.807, 2.05) is 30.3 Å². The van der Waals surface area contributed by atoms with Crippen molar-refractivity contribution in [1.29, 1.82) is 0 Å². The number of halogens is 1. The molecule has 0 bridgehead atoms. The summed E-state index contributed by atoms with van der Waals surface area (Å²) in [7, 11) is 0. The number of carbonyl (C=O) groups is 1. The Bertz CT molecular complexity index is 591. The van der Waals surface area contributed by atoms with Crippen molar-refractivity contribution in [2.75, 3.05) is 0 Å². The smallest absolute Gasteiger partial charge is 0.165 e. The van der Waals surface area contributed by atoms with Crippen molar-refractivity contribution in [3.05, 3.63) is 65.0 Å². The maximum atomic E-state index is 13.8. The van der Waals surface area contributed by atoms with E-state index in [-0.39, 0.29) is 11.5 Å². The fraction of sp³-hybridized carbons (Fsp3) is 0.188. The molecule has 2 aromatic carbocycles. The fourth-order valence-electron chi connectivity index (χ4n) is 1.88. The van der Waals surface area contributed by atoms with Crippen LogP contribution in [0.3, 0.4) is 0 Å². The van der Waals surface area contributed by atoms with Gasteiger partial charge < -0.3 is 4.74 Å². The molecule has 98 valence electrons. The highest BCUT2D eigenvalue weighted by molar-refractivity contribution is 5.95. The lowest BCUT2D eigenvalue weighted by atomic mass is 10.1. The van der Waals surface area contributed by atoms with Crippen LogP contribution in [0.4, 0.5) is 4.39 Å². The molecule has 0 radical (unpaired) electrons. The van der Waals surface area contributed by atoms with E-state index in [2.05, 4.69) is 0 Å². The molecule has 0 fully saturated rings. The van der Waals surface area contributed by atoms with Crippen molar-refractivity contribution in [2.45, 2.75) is 20.5 Å². The van der Waals surface area contributed by atoms with Gasteiger partial charge in [-0.25, -0.2) is 4.39 Å². The van der Waals surface area contributed by atoms with Gasteiger partial charge in [-0.2, -0.15) is 0 Å². The summed E-state index contributed by atoms with van der Waals surface area (Å²) < 4.78 is 19.3. The summed E-state index contributed by atoms with van der Waals surface area (Å²) in [6.07, 6.45) is 0. The van der Waals surface area contributed by atoms with Crippen LogP contribution in [0.2, 0.25) is 0 Å². The SMILES string of the molecule is CC(=O)c1cc(F)c(OCc2ccccc2)cc1C. The topological polar surface area (TPSA) is 26.3 Å². The Labute approximate surface area is 111 Å². The molecule has 0 N–H and O–H groups in total. The first-order chi connectivity index (χ1) is 9.08. The number of ketones is 1. The highest BCUT2D eigenvalue weighted by Crippen LogP contribution is 2.23. The molecule has 0 saturated carbocycles. The summed E-state index contributed by atoms with van der Waals surface area (Å²) in [5.74, 6) is -0.482. The highest BCUT2D eigenvalue weighted by Gasteiger charge is 2.11. The Balaban J connectivity index is 2.17. The van der Waals surface area contributed by atoms with Gasteiger partial charge in [-0.05, 0) is 37.1 Å². The Kier molecular flexibility index (Phi) is 3.95. The van der Waals surface area contributed by atoms with Gasteiger partial charge in [0.2, 0.25) is 0 Å². The predicted molar refractivity (Wildman–Crippen MR) is 71.9 cm³/mol. The maximum absolute atomic E-state index is 13.8. The van der Waals surface area contributed by atoms with Crippen molar-refractivity contribution in [3.63, 3.8) is 0 Å². The first kappa shape index (κ1) is 13.3. The van der Waals surface area contributed by atoms with Crippen molar-refractivity contribution in [3.8, 4) is 5.75 Å². The van der Waals surface area contributed by atoms with E-state index in [1.165, 1.54) is 13.0 Å². The van der Waals surface area contributed by atoms with Crippen LogP contribution in [-0.2, 0) is 6.61 Å². The summed E-state index contributed by atoms with van der Waals surface area (Å²) in [6.45, 7) is 3.49. The summed E-state index contributed by atoms with van der Waals surface area (Å²) in [5.41, 5.74) is 2.08. The molecule has 2 nitrogen and oxygen atoms in total. The summed E-state index contributed by atoms with van der Waals surface area (Å²) in [5, 5.41) is 0. The van der Waals surface area contributed by atoms with Crippen molar-refractivity contribution < 1.29 is 13.9 Å². The predicted octanol–water partition coefficient (Wildman–Crippen LogP) is 3.92. The Hall–Kier alpha value is -2.16. The molecule has 3 heteroatoms. The second-order valence-electron chi connectivity index (χ2n) is 4.43. The first-order valence-corrected chi connectivity index (χ1v) is 6.05. The fourth-order valence-corrected chi connectivity index (χ4v) is 1.88. The number of hydrogen-bond donors (Lipinski definition) is 0. The number of aryl methyl sites for hydroxylation is 1. The second kappa shape index (κ2) is 5.65. The molecule has 0 aromatic heterocycles. The van der Waals surface area contributed by atoms with Crippen molar-refractivity contribution >= 4 is 5.78 Å². The zero-order valence-electron chi connectivity index (χ0n) is 10.9. The van der Waals surface area contributed by atoms with Crippen molar-refractivity contribution in [2.24, 2.45) is 0 Å². The number of rotatable bonds is 4. The lowest BCUT2D eigenvalue weighted by Crippen LogP contribution is -2.02. The Morgan fingerprint density at radius 3 is 2.53 bits per heavy atom. The van der Waals surface area contributed by atoms with Gasteiger partial charge in [0.05, 0.1) is 0 Å². The lowest BCUT2D eigenvalue weighted by molar-refractivity contribution is 0.101. The molecule has 0 atom stereocenters. The number of Topliss-reactive ketones (excluding diaryl/α,β-unsaturated/α-hetero) is 1. The zero-order chi connectivity index (χ0) is 13.8. The average Bonchev–Trinajstić information content (AvgIpc) is 2.40. The molecule has 0 aliphatic carbocycles. The number of benzene rings is 2. The van der Waals surface area contributed by atoms with E-state index in [0.29, 0.717) is 12.2 Å². The molecular weight excluding hydrogens is 243 g/mol. The minimum Gasteiger partial charge on any atom is -0.486 e. The van der Waals surface area contributed by atoms with Gasteiger partial charge in [0.15, 0.2) is 17.3 Å². The van der Waals surface area contributed by atoms with Gasteiger partial charge in [0.25, 0.3) is 0 Å². The second-order valence-corrected chi connectivity index (χ2v) is 4.43. The molecular formula is C16H15FO2. The van der Waals surface area contributed by atoms with Crippen LogP contribution < -0.4 is 4.74 Å². The minimum atomic E-state index is -0.508. The lowest BCUT2D eigenvalue weighted by Gasteiger charge is -2.10. The van der Waals surface area contributed by atoms with Crippen LogP contribution in [0.15, 0.2) is 42.5 Å². The zero-order valence-corrected chi connectivity index (χ0v) is 10.9. The molecule has 0 spiro atoms. The monoisotopic (exact) mass is 258 g/mol. The maximum Gasteiger partial charge on any atom is 0.165 e. The van der Waals surface area contributed by atoms with Gasteiger partial charge in [0.1, 0.15) is 6.61 Å². The van der Waals surface area contributed by atoms with Crippen LogP contribution >= 0.6 is 0 Å². The number of hydrogen-bond acceptors (Lipinski definition) is 2.